The third kappa shape index (κ3) is 5.54. The summed E-state index contributed by atoms with van der Waals surface area (Å²) >= 11 is 0. The van der Waals surface area contributed by atoms with Crippen molar-refractivity contribution in [3.05, 3.63) is 42.1 Å². The lowest BCUT2D eigenvalue weighted by molar-refractivity contribution is 0.0786. The number of benzene rings is 1. The molecule has 0 aliphatic rings. The molecular formula is C16H24N4O2Si. The molecule has 1 aromatic carbocycles. The number of nitrogens with one attached hydrogen (secondary N) is 1. The molecule has 23 heavy (non-hydrogen) atoms. The van der Waals surface area contributed by atoms with Crippen LogP contribution in [0.2, 0.25) is 25.7 Å². The molecular weight excluding hydrogens is 308 g/mol. The van der Waals surface area contributed by atoms with Crippen LogP contribution in [0, 0.1) is 0 Å². The standard InChI is InChI=1S/C16H24N4O2Si/c1-23(2,3)10-9-22-12-20-11-14(15(17)21)16(19-20)18-13-7-5-4-6-8-13/h4-8,11H,9-10,12H2,1-3H3,(H2,17,21)(H,18,19). The quantitative estimate of drug-likeness (QED) is 0.575. The normalized spacial score (nSPS) is 11.4. The highest BCUT2D eigenvalue weighted by Crippen LogP contribution is 2.19. The number of primary amides is 1. The van der Waals surface area contributed by atoms with E-state index in [1.807, 2.05) is 30.3 Å². The van der Waals surface area contributed by atoms with Crippen molar-refractivity contribution in [3.8, 4) is 0 Å². The Morgan fingerprint density at radius 3 is 2.61 bits per heavy atom. The minimum Gasteiger partial charge on any atom is -0.365 e. The van der Waals surface area contributed by atoms with Gasteiger partial charge < -0.3 is 15.8 Å². The maximum Gasteiger partial charge on any atom is 0.254 e. The second-order valence-corrected chi connectivity index (χ2v) is 12.3. The molecule has 0 aliphatic heterocycles. The summed E-state index contributed by atoms with van der Waals surface area (Å²) in [4.78, 5) is 11.6. The van der Waals surface area contributed by atoms with Crippen molar-refractivity contribution in [2.24, 2.45) is 5.73 Å². The maximum atomic E-state index is 11.6. The maximum absolute atomic E-state index is 11.6. The Morgan fingerprint density at radius 2 is 2.00 bits per heavy atom. The van der Waals surface area contributed by atoms with Gasteiger partial charge in [-0.3, -0.25) is 4.79 Å². The molecule has 0 aliphatic carbocycles. The van der Waals surface area contributed by atoms with Crippen molar-refractivity contribution in [2.75, 3.05) is 11.9 Å². The van der Waals surface area contributed by atoms with Gasteiger partial charge in [0, 0.05) is 26.6 Å². The average molecular weight is 332 g/mol. The Balaban J connectivity index is 2.02. The van der Waals surface area contributed by atoms with Gasteiger partial charge in [-0.05, 0) is 18.2 Å². The lowest BCUT2D eigenvalue weighted by Crippen LogP contribution is -2.22. The molecule has 2 rings (SSSR count). The largest absolute Gasteiger partial charge is 0.365 e. The first-order chi connectivity index (χ1) is 10.8. The number of hydrogen-bond acceptors (Lipinski definition) is 4. The molecule has 0 atom stereocenters. The van der Waals surface area contributed by atoms with Gasteiger partial charge >= 0.3 is 0 Å². The summed E-state index contributed by atoms with van der Waals surface area (Å²) in [5, 5.41) is 7.46. The lowest BCUT2D eigenvalue weighted by atomic mass is 10.3. The van der Waals surface area contributed by atoms with E-state index in [9.17, 15) is 4.79 Å². The Labute approximate surface area is 137 Å². The molecule has 0 radical (unpaired) electrons. The molecule has 0 spiro atoms. The fourth-order valence-electron chi connectivity index (χ4n) is 1.95. The Morgan fingerprint density at radius 1 is 1.30 bits per heavy atom. The first kappa shape index (κ1) is 17.2. The topological polar surface area (TPSA) is 82.2 Å². The number of carbonyl (C=O) groups is 1. The number of aromatic nitrogens is 2. The van der Waals surface area contributed by atoms with Gasteiger partial charge in [-0.1, -0.05) is 37.8 Å². The molecule has 2 aromatic rings. The molecule has 0 fully saturated rings. The van der Waals surface area contributed by atoms with Crippen molar-refractivity contribution < 1.29 is 9.53 Å². The fraction of sp³-hybridized carbons (Fsp3) is 0.375. The number of hydrogen-bond donors (Lipinski definition) is 2. The zero-order chi connectivity index (χ0) is 16.9. The van der Waals surface area contributed by atoms with Crippen LogP contribution in [0.3, 0.4) is 0 Å². The Kier molecular flexibility index (Phi) is 5.57. The molecule has 7 heteroatoms. The molecule has 6 nitrogen and oxygen atoms in total. The molecule has 1 heterocycles. The first-order valence-corrected chi connectivity index (χ1v) is 11.3. The second-order valence-electron chi connectivity index (χ2n) is 6.63. The van der Waals surface area contributed by atoms with E-state index in [-0.39, 0.29) is 0 Å². The number of nitrogens with zero attached hydrogens (tertiary/aromatic N) is 2. The molecule has 0 saturated carbocycles. The van der Waals surface area contributed by atoms with E-state index in [0.717, 1.165) is 11.7 Å². The van der Waals surface area contributed by atoms with Gasteiger partial charge in [0.15, 0.2) is 5.82 Å². The highest BCUT2D eigenvalue weighted by molar-refractivity contribution is 6.76. The van der Waals surface area contributed by atoms with E-state index in [2.05, 4.69) is 30.1 Å². The minimum atomic E-state index is -1.11. The van der Waals surface area contributed by atoms with Crippen molar-refractivity contribution in [1.82, 2.24) is 9.78 Å². The SMILES string of the molecule is C[Si](C)(C)CCOCn1cc(C(N)=O)c(Nc2ccccc2)n1. The molecule has 0 saturated heterocycles. The predicted molar refractivity (Wildman–Crippen MR) is 94.6 cm³/mol. The van der Waals surface area contributed by atoms with E-state index in [0.29, 0.717) is 24.7 Å². The highest BCUT2D eigenvalue weighted by atomic mass is 28.3. The minimum absolute atomic E-state index is 0.307. The number of anilines is 2. The van der Waals surface area contributed by atoms with Crippen molar-refractivity contribution in [2.45, 2.75) is 32.4 Å². The third-order valence-electron chi connectivity index (χ3n) is 3.28. The van der Waals surface area contributed by atoms with Crippen LogP contribution >= 0.6 is 0 Å². The van der Waals surface area contributed by atoms with Crippen LogP contribution < -0.4 is 11.1 Å². The third-order valence-corrected chi connectivity index (χ3v) is 4.99. The van der Waals surface area contributed by atoms with E-state index in [4.69, 9.17) is 10.5 Å². The highest BCUT2D eigenvalue weighted by Gasteiger charge is 2.15. The van der Waals surface area contributed by atoms with Gasteiger partial charge in [0.1, 0.15) is 12.3 Å². The molecule has 1 amide bonds. The number of rotatable bonds is 8. The van der Waals surface area contributed by atoms with Gasteiger partial charge in [-0.15, -0.1) is 0 Å². The summed E-state index contributed by atoms with van der Waals surface area (Å²) in [6.45, 7) is 7.91. The monoisotopic (exact) mass is 332 g/mol. The number of para-hydroxylation sites is 1. The zero-order valence-corrected chi connectivity index (χ0v) is 14.9. The molecule has 124 valence electrons. The van der Waals surface area contributed by atoms with Crippen molar-refractivity contribution in [1.29, 1.82) is 0 Å². The van der Waals surface area contributed by atoms with E-state index < -0.39 is 14.0 Å². The molecule has 3 N–H and O–H groups in total. The van der Waals surface area contributed by atoms with Crippen LogP contribution in [-0.2, 0) is 11.5 Å². The van der Waals surface area contributed by atoms with Crippen LogP contribution in [0.25, 0.3) is 0 Å². The van der Waals surface area contributed by atoms with Gasteiger partial charge in [-0.25, -0.2) is 4.68 Å². The second kappa shape index (κ2) is 7.43. The summed E-state index contributed by atoms with van der Waals surface area (Å²) in [7, 11) is -1.11. The molecule has 1 aromatic heterocycles. The van der Waals surface area contributed by atoms with Crippen molar-refractivity contribution in [3.63, 3.8) is 0 Å². The summed E-state index contributed by atoms with van der Waals surface area (Å²) in [6, 6.07) is 10.6. The van der Waals surface area contributed by atoms with Gasteiger partial charge in [0.05, 0.1) is 0 Å². The van der Waals surface area contributed by atoms with E-state index in [1.165, 1.54) is 0 Å². The number of amides is 1. The van der Waals surface area contributed by atoms with Gasteiger partial charge in [0.2, 0.25) is 0 Å². The van der Waals surface area contributed by atoms with Crippen LogP contribution in [0.5, 0.6) is 0 Å². The lowest BCUT2D eigenvalue weighted by Gasteiger charge is -2.15. The van der Waals surface area contributed by atoms with Crippen LogP contribution in [-0.4, -0.2) is 30.4 Å². The van der Waals surface area contributed by atoms with Crippen molar-refractivity contribution >= 4 is 25.5 Å². The summed E-state index contributed by atoms with van der Waals surface area (Å²) in [5.74, 6) is -0.0747. The Hall–Kier alpha value is -2.12. The van der Waals surface area contributed by atoms with E-state index >= 15 is 0 Å². The van der Waals surface area contributed by atoms with Gasteiger partial charge in [-0.2, -0.15) is 5.10 Å². The average Bonchev–Trinajstić information content (AvgIpc) is 2.87. The summed E-state index contributed by atoms with van der Waals surface area (Å²) in [5.41, 5.74) is 6.62. The van der Waals surface area contributed by atoms with Crippen LogP contribution in [0.1, 0.15) is 10.4 Å². The predicted octanol–water partition coefficient (Wildman–Crippen LogP) is 3.04. The van der Waals surface area contributed by atoms with Crippen LogP contribution in [0.4, 0.5) is 11.5 Å². The summed E-state index contributed by atoms with van der Waals surface area (Å²) in [6.07, 6.45) is 1.61. The Bertz CT molecular complexity index is 650. The molecule has 0 unspecified atom stereocenters. The smallest absolute Gasteiger partial charge is 0.254 e. The molecule has 0 bridgehead atoms. The fourth-order valence-corrected chi connectivity index (χ4v) is 2.71. The number of carbonyl (C=O) groups excluding carboxylic acids is 1. The first-order valence-electron chi connectivity index (χ1n) is 7.62. The number of ether oxygens (including phenoxy) is 1. The van der Waals surface area contributed by atoms with Gasteiger partial charge in [0.25, 0.3) is 5.91 Å². The number of nitrogens with two attached hydrogens (primary N) is 1. The summed E-state index contributed by atoms with van der Waals surface area (Å²) < 4.78 is 7.24. The zero-order valence-electron chi connectivity index (χ0n) is 13.9. The van der Waals surface area contributed by atoms with E-state index in [1.54, 1.807) is 10.9 Å². The van der Waals surface area contributed by atoms with Crippen LogP contribution in [0.15, 0.2) is 36.5 Å².